The van der Waals surface area contributed by atoms with E-state index >= 15 is 0 Å². The smallest absolute Gasteiger partial charge is 0.222 e. The van der Waals surface area contributed by atoms with Crippen LogP contribution in [0.4, 0.5) is 0 Å². The lowest BCUT2D eigenvalue weighted by atomic mass is 10.0. The Morgan fingerprint density at radius 2 is 1.86 bits per heavy atom. The van der Waals surface area contributed by atoms with E-state index in [1.54, 1.807) is 13.0 Å². The zero-order chi connectivity index (χ0) is 20.4. The van der Waals surface area contributed by atoms with Gasteiger partial charge in [-0.1, -0.05) is 30.3 Å². The molecule has 0 spiro atoms. The van der Waals surface area contributed by atoms with E-state index in [0.29, 0.717) is 37.8 Å². The molecule has 4 N–H and O–H groups in total. The summed E-state index contributed by atoms with van der Waals surface area (Å²) in [6, 6.07) is 13.3. The van der Waals surface area contributed by atoms with Crippen molar-refractivity contribution in [1.29, 1.82) is 0 Å². The van der Waals surface area contributed by atoms with Gasteiger partial charge >= 0.3 is 0 Å². The molecule has 7 nitrogen and oxygen atoms in total. The van der Waals surface area contributed by atoms with Gasteiger partial charge in [0, 0.05) is 26.1 Å². The van der Waals surface area contributed by atoms with Gasteiger partial charge in [-0.05, 0) is 38.5 Å². The highest BCUT2D eigenvalue weighted by Gasteiger charge is 2.26. The van der Waals surface area contributed by atoms with Gasteiger partial charge in [0.2, 0.25) is 5.91 Å². The van der Waals surface area contributed by atoms with E-state index in [2.05, 4.69) is 20.9 Å². The van der Waals surface area contributed by atoms with Crippen LogP contribution in [0.5, 0.6) is 0 Å². The summed E-state index contributed by atoms with van der Waals surface area (Å²) in [4.78, 5) is 16.4. The van der Waals surface area contributed by atoms with Gasteiger partial charge in [-0.15, -0.1) is 24.0 Å². The quantitative estimate of drug-likeness (QED) is 0.234. The van der Waals surface area contributed by atoms with E-state index in [4.69, 9.17) is 4.42 Å². The maximum absolute atomic E-state index is 12.0. The van der Waals surface area contributed by atoms with Gasteiger partial charge in [-0.2, -0.15) is 0 Å². The van der Waals surface area contributed by atoms with Crippen LogP contribution in [-0.2, 0) is 16.9 Å². The normalized spacial score (nSPS) is 13.2. The zero-order valence-electron chi connectivity index (χ0n) is 17.2. The Hall–Kier alpha value is -2.07. The first kappa shape index (κ1) is 25.0. The number of carbonyl (C=O) groups is 1. The number of amides is 1. The molecule has 0 fully saturated rings. The maximum atomic E-state index is 12.0. The van der Waals surface area contributed by atoms with Crippen LogP contribution in [0.1, 0.15) is 37.4 Å². The highest BCUT2D eigenvalue weighted by molar-refractivity contribution is 14.0. The molecule has 29 heavy (non-hydrogen) atoms. The average Bonchev–Trinajstić information content (AvgIpc) is 3.13. The molecule has 1 unspecified atom stereocenters. The minimum atomic E-state index is -1.20. The Labute approximate surface area is 189 Å². The van der Waals surface area contributed by atoms with Crippen LogP contribution in [0.3, 0.4) is 0 Å². The van der Waals surface area contributed by atoms with Crippen LogP contribution in [0.25, 0.3) is 0 Å². The fourth-order valence-electron chi connectivity index (χ4n) is 2.56. The summed E-state index contributed by atoms with van der Waals surface area (Å²) in [6.45, 7) is 7.21. The fraction of sp³-hybridized carbons (Fsp3) is 0.429. The van der Waals surface area contributed by atoms with Crippen molar-refractivity contribution in [2.45, 2.75) is 39.3 Å². The van der Waals surface area contributed by atoms with Crippen molar-refractivity contribution in [2.75, 3.05) is 19.6 Å². The molecule has 0 aliphatic rings. The van der Waals surface area contributed by atoms with Crippen LogP contribution in [0.15, 0.2) is 51.9 Å². The molecule has 0 aliphatic carbocycles. The summed E-state index contributed by atoms with van der Waals surface area (Å²) < 4.78 is 5.50. The minimum absolute atomic E-state index is 0. The molecule has 0 aliphatic heterocycles. The Morgan fingerprint density at radius 3 is 2.48 bits per heavy atom. The molecular formula is C21H31IN4O3. The second kappa shape index (κ2) is 12.5. The number of furan rings is 1. The number of hydrogen-bond acceptors (Lipinski definition) is 4. The largest absolute Gasteiger partial charge is 0.463 e. The molecule has 1 aromatic heterocycles. The lowest BCUT2D eigenvalue weighted by molar-refractivity contribution is -0.121. The number of aryl methyl sites for hydroxylation is 1. The number of nitrogens with zero attached hydrogens (tertiary/aromatic N) is 1. The molecule has 1 amide bonds. The van der Waals surface area contributed by atoms with Crippen LogP contribution in [0, 0.1) is 6.92 Å². The van der Waals surface area contributed by atoms with Crippen molar-refractivity contribution >= 4 is 35.8 Å². The number of carbonyl (C=O) groups excluding carboxylic acids is 1. The predicted molar refractivity (Wildman–Crippen MR) is 125 cm³/mol. The highest BCUT2D eigenvalue weighted by Crippen LogP contribution is 2.22. The van der Waals surface area contributed by atoms with Crippen molar-refractivity contribution in [3.05, 3.63) is 59.5 Å². The molecule has 2 rings (SSSR count). The lowest BCUT2D eigenvalue weighted by Gasteiger charge is -2.19. The molecule has 0 radical (unpaired) electrons. The highest BCUT2D eigenvalue weighted by atomic mass is 127. The SMILES string of the molecule is CCNC(=NCC(C)(O)c1ccc(C)o1)NCCC(=O)NCc1ccccc1.I. The number of guanidine groups is 1. The molecule has 1 heterocycles. The van der Waals surface area contributed by atoms with Crippen LogP contribution in [-0.4, -0.2) is 36.6 Å². The first-order valence-electron chi connectivity index (χ1n) is 9.53. The molecule has 0 bridgehead atoms. The molecule has 1 aromatic carbocycles. The van der Waals surface area contributed by atoms with Crippen molar-refractivity contribution in [3.8, 4) is 0 Å². The summed E-state index contributed by atoms with van der Waals surface area (Å²) in [7, 11) is 0. The number of nitrogens with one attached hydrogen (secondary N) is 3. The molecular weight excluding hydrogens is 483 g/mol. The third-order valence-electron chi connectivity index (χ3n) is 4.14. The summed E-state index contributed by atoms with van der Waals surface area (Å²) >= 11 is 0. The van der Waals surface area contributed by atoms with Crippen LogP contribution in [0.2, 0.25) is 0 Å². The lowest BCUT2D eigenvalue weighted by Crippen LogP contribution is -2.40. The third kappa shape index (κ3) is 8.86. The van der Waals surface area contributed by atoms with E-state index in [0.717, 1.165) is 11.3 Å². The molecule has 1 atom stereocenters. The maximum Gasteiger partial charge on any atom is 0.222 e. The van der Waals surface area contributed by atoms with E-state index < -0.39 is 5.60 Å². The molecule has 0 saturated heterocycles. The van der Waals surface area contributed by atoms with Gasteiger partial charge in [-0.25, -0.2) is 4.99 Å². The van der Waals surface area contributed by atoms with E-state index in [-0.39, 0.29) is 36.4 Å². The minimum Gasteiger partial charge on any atom is -0.463 e. The van der Waals surface area contributed by atoms with E-state index in [1.165, 1.54) is 0 Å². The van der Waals surface area contributed by atoms with Crippen LogP contribution >= 0.6 is 24.0 Å². The van der Waals surface area contributed by atoms with Crippen molar-refractivity contribution < 1.29 is 14.3 Å². The summed E-state index contributed by atoms with van der Waals surface area (Å²) in [6.07, 6.45) is 0.324. The van der Waals surface area contributed by atoms with Crippen LogP contribution < -0.4 is 16.0 Å². The average molecular weight is 514 g/mol. The summed E-state index contributed by atoms with van der Waals surface area (Å²) in [5, 5.41) is 19.7. The Kier molecular flexibility index (Phi) is 10.7. The molecule has 2 aromatic rings. The van der Waals surface area contributed by atoms with Gasteiger partial charge in [0.15, 0.2) is 5.96 Å². The number of hydrogen-bond donors (Lipinski definition) is 4. The van der Waals surface area contributed by atoms with Gasteiger partial charge in [0.1, 0.15) is 17.1 Å². The number of aliphatic hydroxyl groups is 1. The summed E-state index contributed by atoms with van der Waals surface area (Å²) in [5.74, 6) is 1.72. The van der Waals surface area contributed by atoms with E-state index in [9.17, 15) is 9.90 Å². The second-order valence-corrected chi connectivity index (χ2v) is 6.82. The number of benzene rings is 1. The Morgan fingerprint density at radius 1 is 1.14 bits per heavy atom. The number of rotatable bonds is 9. The molecule has 0 saturated carbocycles. The van der Waals surface area contributed by atoms with Gasteiger partial charge in [-0.3, -0.25) is 4.79 Å². The Balaban J connectivity index is 0.00000420. The van der Waals surface area contributed by atoms with Gasteiger partial charge < -0.3 is 25.5 Å². The zero-order valence-corrected chi connectivity index (χ0v) is 19.5. The van der Waals surface area contributed by atoms with Crippen molar-refractivity contribution in [2.24, 2.45) is 4.99 Å². The van der Waals surface area contributed by atoms with Gasteiger partial charge in [0.05, 0.1) is 6.54 Å². The second-order valence-electron chi connectivity index (χ2n) is 6.82. The monoisotopic (exact) mass is 514 g/mol. The molecule has 8 heteroatoms. The molecule has 160 valence electrons. The number of halogens is 1. The van der Waals surface area contributed by atoms with Gasteiger partial charge in [0.25, 0.3) is 0 Å². The fourth-order valence-corrected chi connectivity index (χ4v) is 2.56. The standard InChI is InChI=1S/C21H30N4O3.HI/c1-4-22-20(25-15-21(3,27)18-11-10-16(2)28-18)23-13-12-19(26)24-14-17-8-6-5-7-9-17;/h5-11,27H,4,12-15H2,1-3H3,(H,24,26)(H2,22,23,25);1H. The van der Waals surface area contributed by atoms with Crippen molar-refractivity contribution in [1.82, 2.24) is 16.0 Å². The first-order chi connectivity index (χ1) is 13.4. The first-order valence-corrected chi connectivity index (χ1v) is 9.53. The summed E-state index contributed by atoms with van der Waals surface area (Å²) in [5.41, 5.74) is -0.141. The Bertz CT molecular complexity index is 775. The number of aliphatic imine (C=N–C) groups is 1. The predicted octanol–water partition coefficient (Wildman–Crippen LogP) is 2.68. The van der Waals surface area contributed by atoms with E-state index in [1.807, 2.05) is 50.2 Å². The third-order valence-corrected chi connectivity index (χ3v) is 4.14. The topological polar surface area (TPSA) is 98.9 Å². The van der Waals surface area contributed by atoms with Crippen molar-refractivity contribution in [3.63, 3.8) is 0 Å².